The second kappa shape index (κ2) is 9.73. The van der Waals surface area contributed by atoms with E-state index in [0.717, 1.165) is 32.2 Å². The summed E-state index contributed by atoms with van der Waals surface area (Å²) in [5.74, 6) is 0.130. The number of carbonyl (C=O) groups excluding carboxylic acids is 1. The largest absolute Gasteiger partial charge is 0.322 e. The lowest BCUT2D eigenvalue weighted by atomic mass is 9.89. The molecule has 3 aromatic rings. The Kier molecular flexibility index (Phi) is 6.98. The number of carbonyl (C=O) groups is 1. The zero-order chi connectivity index (χ0) is 22.7. The summed E-state index contributed by atoms with van der Waals surface area (Å²) in [6, 6.07) is 12.3. The SMILES string of the molecule is CCCCN1CCC(c2csc3ccc(NC(=O)c4ccccc4S(C)(=O)=O)cc23)CC1. The lowest BCUT2D eigenvalue weighted by Crippen LogP contribution is -2.33. The molecule has 0 unspecified atom stereocenters. The van der Waals surface area contributed by atoms with Crippen LogP contribution in [-0.2, 0) is 9.84 Å². The van der Waals surface area contributed by atoms with Crippen LogP contribution in [0.5, 0.6) is 0 Å². The maximum atomic E-state index is 12.9. The molecule has 1 aromatic heterocycles. The Morgan fingerprint density at radius 1 is 1.16 bits per heavy atom. The number of sulfone groups is 1. The highest BCUT2D eigenvalue weighted by atomic mass is 32.2. The number of hydrogen-bond acceptors (Lipinski definition) is 5. The predicted molar refractivity (Wildman–Crippen MR) is 133 cm³/mol. The van der Waals surface area contributed by atoms with Crippen molar-refractivity contribution in [1.82, 2.24) is 4.90 Å². The summed E-state index contributed by atoms with van der Waals surface area (Å²) in [6.45, 7) is 5.71. The highest BCUT2D eigenvalue weighted by Crippen LogP contribution is 2.38. The van der Waals surface area contributed by atoms with Gasteiger partial charge in [-0.25, -0.2) is 8.42 Å². The van der Waals surface area contributed by atoms with Crippen molar-refractivity contribution in [1.29, 1.82) is 0 Å². The van der Waals surface area contributed by atoms with Gasteiger partial charge in [-0.05, 0) is 91.5 Å². The lowest BCUT2D eigenvalue weighted by molar-refractivity contribution is 0.102. The van der Waals surface area contributed by atoms with E-state index in [1.165, 1.54) is 41.1 Å². The quantitative estimate of drug-likeness (QED) is 0.493. The Hall–Kier alpha value is -2.22. The van der Waals surface area contributed by atoms with Crippen LogP contribution >= 0.6 is 11.3 Å². The zero-order valence-corrected chi connectivity index (χ0v) is 20.3. The summed E-state index contributed by atoms with van der Waals surface area (Å²) in [6.07, 6.45) is 5.94. The number of thiophene rings is 1. The summed E-state index contributed by atoms with van der Waals surface area (Å²) in [7, 11) is -3.49. The standard InChI is InChI=1S/C25H30N2O3S2/c1-3-4-13-27-14-11-18(12-15-27)22-17-31-23-10-9-19(16-21(22)23)26-25(28)20-7-5-6-8-24(20)32(2,29)30/h5-10,16-18H,3-4,11-15H2,1-2H3,(H,26,28). The van der Waals surface area contributed by atoms with Crippen LogP contribution in [0.3, 0.4) is 0 Å². The monoisotopic (exact) mass is 470 g/mol. The van der Waals surface area contributed by atoms with Gasteiger partial charge in [0.05, 0.1) is 10.5 Å². The number of benzene rings is 2. The average Bonchev–Trinajstić information content (AvgIpc) is 3.20. The Morgan fingerprint density at radius 2 is 1.91 bits per heavy atom. The topological polar surface area (TPSA) is 66.5 Å². The third-order valence-electron chi connectivity index (χ3n) is 6.25. The highest BCUT2D eigenvalue weighted by molar-refractivity contribution is 7.90. The molecule has 32 heavy (non-hydrogen) atoms. The van der Waals surface area contributed by atoms with E-state index in [9.17, 15) is 13.2 Å². The Bertz CT molecular complexity index is 1210. The van der Waals surface area contributed by atoms with Gasteiger partial charge in [0.2, 0.25) is 0 Å². The van der Waals surface area contributed by atoms with Gasteiger partial charge in [-0.15, -0.1) is 11.3 Å². The number of rotatable bonds is 7. The molecular formula is C25H30N2O3S2. The molecule has 1 aliphatic heterocycles. The van der Waals surface area contributed by atoms with Crippen molar-refractivity contribution in [3.63, 3.8) is 0 Å². The lowest BCUT2D eigenvalue weighted by Gasteiger charge is -2.32. The third-order valence-corrected chi connectivity index (χ3v) is 8.38. The fraction of sp³-hybridized carbons (Fsp3) is 0.400. The maximum absolute atomic E-state index is 12.9. The maximum Gasteiger partial charge on any atom is 0.256 e. The summed E-state index contributed by atoms with van der Waals surface area (Å²) in [4.78, 5) is 15.5. The second-order valence-electron chi connectivity index (χ2n) is 8.59. The zero-order valence-electron chi connectivity index (χ0n) is 18.6. The first-order valence-electron chi connectivity index (χ1n) is 11.2. The molecule has 7 heteroatoms. The van der Waals surface area contributed by atoms with Crippen molar-refractivity contribution in [3.05, 3.63) is 59.0 Å². The molecule has 1 amide bonds. The molecule has 1 N–H and O–H groups in total. The van der Waals surface area contributed by atoms with Gasteiger partial charge in [0, 0.05) is 16.6 Å². The van der Waals surface area contributed by atoms with E-state index in [1.54, 1.807) is 29.5 Å². The first-order valence-corrected chi connectivity index (χ1v) is 14.0. The molecule has 1 fully saturated rings. The molecular weight excluding hydrogens is 440 g/mol. The van der Waals surface area contributed by atoms with Crippen LogP contribution in [0.2, 0.25) is 0 Å². The fourth-order valence-corrected chi connectivity index (χ4v) is 6.38. The molecule has 4 rings (SSSR count). The van der Waals surface area contributed by atoms with Crippen molar-refractivity contribution in [2.45, 2.75) is 43.4 Å². The molecule has 1 saturated heterocycles. The molecule has 2 heterocycles. The summed E-state index contributed by atoms with van der Waals surface area (Å²) >= 11 is 1.75. The van der Waals surface area contributed by atoms with Crippen molar-refractivity contribution >= 4 is 42.9 Å². The van der Waals surface area contributed by atoms with Crippen LogP contribution in [0.4, 0.5) is 5.69 Å². The number of fused-ring (bicyclic) bond motifs is 1. The average molecular weight is 471 g/mol. The van der Waals surface area contributed by atoms with E-state index in [1.807, 2.05) is 18.2 Å². The van der Waals surface area contributed by atoms with Gasteiger partial charge in [-0.3, -0.25) is 4.79 Å². The number of hydrogen-bond donors (Lipinski definition) is 1. The van der Waals surface area contributed by atoms with E-state index >= 15 is 0 Å². The van der Waals surface area contributed by atoms with Crippen molar-refractivity contribution in [2.75, 3.05) is 31.2 Å². The number of amides is 1. The van der Waals surface area contributed by atoms with Crippen molar-refractivity contribution in [2.24, 2.45) is 0 Å². The molecule has 2 aromatic carbocycles. The highest BCUT2D eigenvalue weighted by Gasteiger charge is 2.23. The van der Waals surface area contributed by atoms with E-state index < -0.39 is 15.7 Å². The van der Waals surface area contributed by atoms with Crippen LogP contribution in [0.15, 0.2) is 52.7 Å². The summed E-state index contributed by atoms with van der Waals surface area (Å²) in [5.41, 5.74) is 2.22. The van der Waals surface area contributed by atoms with Crippen LogP contribution in [0, 0.1) is 0 Å². The van der Waals surface area contributed by atoms with Gasteiger partial charge in [0.25, 0.3) is 5.91 Å². The number of unbranched alkanes of at least 4 members (excludes halogenated alkanes) is 1. The first-order chi connectivity index (χ1) is 15.4. The number of piperidine rings is 1. The number of anilines is 1. The number of nitrogens with zero attached hydrogens (tertiary/aromatic N) is 1. The molecule has 0 aliphatic carbocycles. The van der Waals surface area contributed by atoms with Gasteiger partial charge in [0.1, 0.15) is 0 Å². The van der Waals surface area contributed by atoms with Crippen LogP contribution < -0.4 is 5.32 Å². The molecule has 0 spiro atoms. The minimum absolute atomic E-state index is 0.0460. The second-order valence-corrected chi connectivity index (χ2v) is 11.5. The van der Waals surface area contributed by atoms with Gasteiger partial charge in [-0.1, -0.05) is 25.5 Å². The number of nitrogens with one attached hydrogen (secondary N) is 1. The minimum Gasteiger partial charge on any atom is -0.322 e. The van der Waals surface area contributed by atoms with Gasteiger partial charge >= 0.3 is 0 Å². The summed E-state index contributed by atoms with van der Waals surface area (Å²) < 4.78 is 25.4. The first kappa shape index (κ1) is 23.0. The van der Waals surface area contributed by atoms with Crippen LogP contribution in [-0.4, -0.2) is 45.1 Å². The molecule has 5 nitrogen and oxygen atoms in total. The molecule has 1 aliphatic rings. The summed E-state index contributed by atoms with van der Waals surface area (Å²) in [5, 5.41) is 6.36. The third kappa shape index (κ3) is 5.05. The number of likely N-dealkylation sites (tertiary alicyclic amines) is 1. The van der Waals surface area contributed by atoms with Crippen molar-refractivity contribution in [3.8, 4) is 0 Å². The smallest absolute Gasteiger partial charge is 0.256 e. The molecule has 0 bridgehead atoms. The van der Waals surface area contributed by atoms with Crippen LogP contribution in [0.25, 0.3) is 10.1 Å². The Morgan fingerprint density at radius 3 is 2.62 bits per heavy atom. The fourth-order valence-electron chi connectivity index (χ4n) is 4.47. The molecule has 0 radical (unpaired) electrons. The van der Waals surface area contributed by atoms with E-state index in [0.29, 0.717) is 11.6 Å². The van der Waals surface area contributed by atoms with E-state index in [4.69, 9.17) is 0 Å². The Balaban J connectivity index is 1.53. The molecule has 0 atom stereocenters. The van der Waals surface area contributed by atoms with Gasteiger partial charge in [-0.2, -0.15) is 0 Å². The predicted octanol–water partition coefficient (Wildman–Crippen LogP) is 5.54. The van der Waals surface area contributed by atoms with E-state index in [-0.39, 0.29) is 10.5 Å². The van der Waals surface area contributed by atoms with E-state index in [2.05, 4.69) is 22.5 Å². The molecule has 0 saturated carbocycles. The van der Waals surface area contributed by atoms with Gasteiger partial charge < -0.3 is 10.2 Å². The van der Waals surface area contributed by atoms with Crippen molar-refractivity contribution < 1.29 is 13.2 Å². The van der Waals surface area contributed by atoms with Crippen LogP contribution in [0.1, 0.15) is 54.4 Å². The normalized spacial score (nSPS) is 15.8. The van der Waals surface area contributed by atoms with Gasteiger partial charge in [0.15, 0.2) is 9.84 Å². The Labute approximate surface area is 194 Å². The minimum atomic E-state index is -3.49. The molecule has 170 valence electrons.